The number of allylic oxidation sites excluding steroid dienone is 2. The van der Waals surface area contributed by atoms with Crippen molar-refractivity contribution in [2.24, 2.45) is 0 Å². The Morgan fingerprint density at radius 2 is 1.61 bits per heavy atom. The van der Waals surface area contributed by atoms with Crippen molar-refractivity contribution in [3.8, 4) is 5.75 Å². The van der Waals surface area contributed by atoms with Crippen LogP contribution < -0.4 is 20.9 Å². The molecule has 0 unspecified atom stereocenters. The summed E-state index contributed by atoms with van der Waals surface area (Å²) in [5.41, 5.74) is 9.37. The van der Waals surface area contributed by atoms with Crippen LogP contribution in [0.25, 0.3) is 10.8 Å². The second-order valence-corrected chi connectivity index (χ2v) is 6.19. The highest BCUT2D eigenvalue weighted by Crippen LogP contribution is 2.27. The van der Waals surface area contributed by atoms with Crippen LogP contribution in [0.1, 0.15) is 33.4 Å². The van der Waals surface area contributed by atoms with E-state index >= 15 is 0 Å². The average Bonchev–Trinajstić information content (AvgIpc) is 2.87. The minimum Gasteiger partial charge on any atom is -0.495 e. The first-order valence-corrected chi connectivity index (χ1v) is 10.8. The molecular formula is C25H33N5O. The van der Waals surface area contributed by atoms with Crippen LogP contribution in [0.3, 0.4) is 0 Å². The van der Waals surface area contributed by atoms with Crippen LogP contribution in [-0.2, 0) is 6.42 Å². The number of hydrazine groups is 1. The summed E-state index contributed by atoms with van der Waals surface area (Å²) in [7, 11) is 1.65. The van der Waals surface area contributed by atoms with Crippen molar-refractivity contribution in [3.63, 3.8) is 0 Å². The molecule has 6 nitrogen and oxygen atoms in total. The average molecular weight is 420 g/mol. The third kappa shape index (κ3) is 6.22. The van der Waals surface area contributed by atoms with Crippen molar-refractivity contribution in [3.05, 3.63) is 78.1 Å². The number of rotatable bonds is 6. The Labute approximate surface area is 185 Å². The summed E-state index contributed by atoms with van der Waals surface area (Å²) in [5.74, 6) is 1.43. The van der Waals surface area contributed by atoms with Gasteiger partial charge in [0.2, 0.25) is 0 Å². The molecule has 0 fully saturated rings. The fraction of sp³-hybridized carbons (Fsp3) is 0.280. The highest BCUT2D eigenvalue weighted by atomic mass is 16.5. The second-order valence-electron chi connectivity index (χ2n) is 6.19. The van der Waals surface area contributed by atoms with Crippen molar-refractivity contribution in [2.75, 3.05) is 24.5 Å². The monoisotopic (exact) mass is 419 g/mol. The zero-order valence-electron chi connectivity index (χ0n) is 19.1. The smallest absolute Gasteiger partial charge is 0.175 e. The van der Waals surface area contributed by atoms with Crippen LogP contribution in [-0.4, -0.2) is 23.9 Å². The maximum atomic E-state index is 5.37. The van der Waals surface area contributed by atoms with Gasteiger partial charge in [0.25, 0.3) is 0 Å². The molecule has 1 aliphatic rings. The van der Waals surface area contributed by atoms with Crippen LogP contribution in [0.2, 0.25) is 0 Å². The molecule has 6 heteroatoms. The quantitative estimate of drug-likeness (QED) is 0.444. The molecular weight excluding hydrogens is 386 g/mol. The van der Waals surface area contributed by atoms with Gasteiger partial charge in [0, 0.05) is 23.7 Å². The van der Waals surface area contributed by atoms with Crippen molar-refractivity contribution in [1.82, 2.24) is 15.5 Å². The summed E-state index contributed by atoms with van der Waals surface area (Å²) in [6.07, 6.45) is 6.98. The standard InChI is InChI=1S/C21H21N5O.2C2H6/c1-27-20-9-5-4-8-18(20)23-25-21-17-7-3-2-6-16(17)19(24-26-21)14-15-10-12-22-13-11-15;2*1-2/h2-12,22-23H,13-14H2,1H3,(H,25,26);2*1-2H3. The molecule has 0 saturated carbocycles. The maximum Gasteiger partial charge on any atom is 0.175 e. The maximum absolute atomic E-state index is 5.37. The third-order valence-electron chi connectivity index (χ3n) is 4.46. The van der Waals surface area contributed by atoms with Gasteiger partial charge in [0.1, 0.15) is 5.75 Å². The predicted molar refractivity (Wildman–Crippen MR) is 131 cm³/mol. The van der Waals surface area contributed by atoms with E-state index in [1.807, 2.05) is 76.4 Å². The molecule has 0 aliphatic carbocycles. The fourth-order valence-corrected chi connectivity index (χ4v) is 3.07. The van der Waals surface area contributed by atoms with E-state index in [4.69, 9.17) is 4.74 Å². The van der Waals surface area contributed by atoms with Crippen molar-refractivity contribution < 1.29 is 4.74 Å². The molecule has 0 atom stereocenters. The molecule has 0 saturated heterocycles. The van der Waals surface area contributed by atoms with Gasteiger partial charge in [-0.2, -0.15) is 5.10 Å². The van der Waals surface area contributed by atoms with Gasteiger partial charge < -0.3 is 10.1 Å². The number of dihydropyridines is 1. The van der Waals surface area contributed by atoms with E-state index in [1.165, 1.54) is 5.57 Å². The van der Waals surface area contributed by atoms with Gasteiger partial charge in [-0.25, -0.2) is 0 Å². The first-order valence-electron chi connectivity index (χ1n) is 10.8. The Morgan fingerprint density at radius 1 is 0.903 bits per heavy atom. The van der Waals surface area contributed by atoms with E-state index in [0.717, 1.165) is 40.9 Å². The van der Waals surface area contributed by atoms with Gasteiger partial charge in [0.15, 0.2) is 5.82 Å². The van der Waals surface area contributed by atoms with Gasteiger partial charge in [0.05, 0.1) is 18.5 Å². The largest absolute Gasteiger partial charge is 0.495 e. The normalized spacial score (nSPS) is 11.7. The number of para-hydroxylation sites is 2. The number of fused-ring (bicyclic) bond motifs is 1. The highest BCUT2D eigenvalue weighted by molar-refractivity contribution is 5.93. The molecule has 0 radical (unpaired) electrons. The van der Waals surface area contributed by atoms with E-state index < -0.39 is 0 Å². The molecule has 1 aliphatic heterocycles. The summed E-state index contributed by atoms with van der Waals surface area (Å²) in [6.45, 7) is 8.85. The zero-order valence-corrected chi connectivity index (χ0v) is 19.1. The van der Waals surface area contributed by atoms with E-state index in [0.29, 0.717) is 5.82 Å². The van der Waals surface area contributed by atoms with Gasteiger partial charge in [-0.3, -0.25) is 10.9 Å². The van der Waals surface area contributed by atoms with Gasteiger partial charge >= 0.3 is 0 Å². The second kappa shape index (κ2) is 12.9. The number of hydrogen-bond donors (Lipinski definition) is 3. The molecule has 3 N–H and O–H groups in total. The summed E-state index contributed by atoms with van der Waals surface area (Å²) in [5, 5.41) is 14.2. The highest BCUT2D eigenvalue weighted by Gasteiger charge is 2.11. The molecule has 2 aromatic carbocycles. The van der Waals surface area contributed by atoms with E-state index in [-0.39, 0.29) is 0 Å². The lowest BCUT2D eigenvalue weighted by Gasteiger charge is -2.15. The molecule has 0 bridgehead atoms. The lowest BCUT2D eigenvalue weighted by atomic mass is 10.0. The van der Waals surface area contributed by atoms with Gasteiger partial charge in [-0.15, -0.1) is 5.10 Å². The van der Waals surface area contributed by atoms with Crippen LogP contribution in [0.5, 0.6) is 5.75 Å². The van der Waals surface area contributed by atoms with Gasteiger partial charge in [-0.1, -0.05) is 70.2 Å². The fourth-order valence-electron chi connectivity index (χ4n) is 3.07. The molecule has 0 spiro atoms. The summed E-state index contributed by atoms with van der Waals surface area (Å²) in [6, 6.07) is 15.9. The number of benzene rings is 2. The number of methoxy groups -OCH3 is 1. The van der Waals surface area contributed by atoms with Crippen LogP contribution in [0.4, 0.5) is 11.5 Å². The lowest BCUT2D eigenvalue weighted by Crippen LogP contribution is -2.13. The van der Waals surface area contributed by atoms with Gasteiger partial charge in [-0.05, 0) is 30.0 Å². The van der Waals surface area contributed by atoms with E-state index in [1.54, 1.807) is 7.11 Å². The Kier molecular flexibility index (Phi) is 9.88. The number of nitrogens with one attached hydrogen (secondary N) is 3. The predicted octanol–water partition coefficient (Wildman–Crippen LogP) is 5.72. The molecule has 1 aromatic heterocycles. The molecule has 2 heterocycles. The number of ether oxygens (including phenoxy) is 1. The van der Waals surface area contributed by atoms with Crippen molar-refractivity contribution in [1.29, 1.82) is 0 Å². The topological polar surface area (TPSA) is 71.1 Å². The number of anilines is 2. The third-order valence-corrected chi connectivity index (χ3v) is 4.46. The molecule has 164 valence electrons. The summed E-state index contributed by atoms with van der Waals surface area (Å²) >= 11 is 0. The number of nitrogens with zero attached hydrogens (tertiary/aromatic N) is 2. The molecule has 3 aromatic rings. The van der Waals surface area contributed by atoms with E-state index in [2.05, 4.69) is 44.6 Å². The molecule has 4 rings (SSSR count). The molecule has 0 amide bonds. The Balaban J connectivity index is 0.000000807. The Morgan fingerprint density at radius 3 is 2.32 bits per heavy atom. The Hall–Kier alpha value is -3.54. The van der Waals surface area contributed by atoms with Crippen molar-refractivity contribution >= 4 is 22.3 Å². The van der Waals surface area contributed by atoms with Crippen LogP contribution in [0, 0.1) is 0 Å². The lowest BCUT2D eigenvalue weighted by molar-refractivity contribution is 0.416. The zero-order chi connectivity index (χ0) is 22.5. The SMILES string of the molecule is CC.CC.COc1ccccc1NNc1nnc(CC2=CCNC=C2)c2ccccc12. The van der Waals surface area contributed by atoms with Crippen LogP contribution >= 0.6 is 0 Å². The minimum absolute atomic E-state index is 0.676. The number of hydrogen-bond acceptors (Lipinski definition) is 6. The Bertz CT molecular complexity index is 1010. The summed E-state index contributed by atoms with van der Waals surface area (Å²) < 4.78 is 5.37. The molecule has 31 heavy (non-hydrogen) atoms. The van der Waals surface area contributed by atoms with Crippen molar-refractivity contribution in [2.45, 2.75) is 34.1 Å². The first kappa shape index (κ1) is 23.7. The number of aromatic nitrogens is 2. The first-order chi connectivity index (χ1) is 15.3. The van der Waals surface area contributed by atoms with Crippen LogP contribution in [0.15, 0.2) is 72.5 Å². The van der Waals surface area contributed by atoms with E-state index in [9.17, 15) is 0 Å². The minimum atomic E-state index is 0.676. The summed E-state index contributed by atoms with van der Waals surface area (Å²) in [4.78, 5) is 0.